The van der Waals surface area contributed by atoms with E-state index >= 15 is 0 Å². The Morgan fingerprint density at radius 3 is 2.94 bits per heavy atom. The normalized spacial score (nSPS) is 11.8. The van der Waals surface area contributed by atoms with Crippen molar-refractivity contribution in [2.24, 2.45) is 0 Å². The molecule has 0 spiro atoms. The number of aromatic nitrogens is 2. The molecule has 2 rings (SSSR count). The molecular weight excluding hydrogens is 274 g/mol. The molecule has 2 aromatic rings. The zero-order valence-electron chi connectivity index (χ0n) is 9.46. The van der Waals surface area contributed by atoms with Crippen molar-refractivity contribution in [1.82, 2.24) is 14.7 Å². The molecular formula is C10H13N3O3S2. The third kappa shape index (κ3) is 3.16. The summed E-state index contributed by atoms with van der Waals surface area (Å²) >= 11 is 1.48. The number of aliphatic hydroxyl groups excluding tert-OH is 1. The summed E-state index contributed by atoms with van der Waals surface area (Å²) in [5.74, 6) is 0. The number of aliphatic hydroxyl groups is 1. The highest BCUT2D eigenvalue weighted by atomic mass is 32.2. The van der Waals surface area contributed by atoms with E-state index in [1.165, 1.54) is 23.6 Å². The third-order valence-corrected chi connectivity index (χ3v) is 4.43. The van der Waals surface area contributed by atoms with Crippen LogP contribution in [0.5, 0.6) is 0 Å². The number of rotatable bonds is 6. The fourth-order valence-electron chi connectivity index (χ4n) is 1.42. The van der Waals surface area contributed by atoms with E-state index < -0.39 is 10.0 Å². The summed E-state index contributed by atoms with van der Waals surface area (Å²) in [6, 6.07) is 1.41. The van der Waals surface area contributed by atoms with Crippen molar-refractivity contribution in [3.05, 3.63) is 34.5 Å². The Balaban J connectivity index is 1.95. The van der Waals surface area contributed by atoms with Gasteiger partial charge in [-0.2, -0.15) is 0 Å². The van der Waals surface area contributed by atoms with E-state index in [1.54, 1.807) is 5.51 Å². The van der Waals surface area contributed by atoms with Crippen LogP contribution in [0, 0.1) is 0 Å². The van der Waals surface area contributed by atoms with Crippen LogP contribution in [-0.4, -0.2) is 30.0 Å². The fourth-order valence-corrected chi connectivity index (χ4v) is 3.06. The van der Waals surface area contributed by atoms with E-state index in [2.05, 4.69) is 14.7 Å². The van der Waals surface area contributed by atoms with Gasteiger partial charge in [0.05, 0.1) is 22.7 Å². The predicted molar refractivity (Wildman–Crippen MR) is 67.7 cm³/mol. The van der Waals surface area contributed by atoms with Crippen molar-refractivity contribution in [3.8, 4) is 0 Å². The Labute approximate surface area is 109 Å². The monoisotopic (exact) mass is 287 g/mol. The van der Waals surface area contributed by atoms with Gasteiger partial charge in [0.2, 0.25) is 10.0 Å². The van der Waals surface area contributed by atoms with Gasteiger partial charge in [-0.05, 0) is 6.07 Å². The standard InChI is InChI=1S/C10H13N3O3S2/c14-5-9-3-10(4-11-9)18(15,16)13-2-1-8-6-17-7-12-8/h3-4,6-7,11,13-14H,1-2,5H2. The van der Waals surface area contributed by atoms with E-state index in [4.69, 9.17) is 5.11 Å². The largest absolute Gasteiger partial charge is 0.390 e. The second-order valence-electron chi connectivity index (χ2n) is 3.65. The molecule has 0 aliphatic heterocycles. The van der Waals surface area contributed by atoms with E-state index in [0.29, 0.717) is 18.7 Å². The van der Waals surface area contributed by atoms with E-state index in [1.807, 2.05) is 5.38 Å². The first kappa shape index (κ1) is 13.2. The van der Waals surface area contributed by atoms with Gasteiger partial charge in [0, 0.05) is 30.2 Å². The lowest BCUT2D eigenvalue weighted by Crippen LogP contribution is -2.25. The minimum atomic E-state index is -3.52. The van der Waals surface area contributed by atoms with Crippen molar-refractivity contribution in [2.45, 2.75) is 17.9 Å². The van der Waals surface area contributed by atoms with Crippen molar-refractivity contribution < 1.29 is 13.5 Å². The molecule has 2 aromatic heterocycles. The van der Waals surface area contributed by atoms with Gasteiger partial charge in [-0.25, -0.2) is 18.1 Å². The van der Waals surface area contributed by atoms with Crippen molar-refractivity contribution in [1.29, 1.82) is 0 Å². The average Bonchev–Trinajstić information content (AvgIpc) is 2.99. The third-order valence-electron chi connectivity index (χ3n) is 2.35. The minimum absolute atomic E-state index is 0.129. The number of hydrogen-bond donors (Lipinski definition) is 3. The van der Waals surface area contributed by atoms with Crippen LogP contribution in [0.1, 0.15) is 11.4 Å². The zero-order valence-corrected chi connectivity index (χ0v) is 11.1. The van der Waals surface area contributed by atoms with E-state index in [9.17, 15) is 8.42 Å². The van der Waals surface area contributed by atoms with Gasteiger partial charge in [0.15, 0.2) is 0 Å². The molecule has 98 valence electrons. The molecule has 0 aliphatic rings. The van der Waals surface area contributed by atoms with Crippen molar-refractivity contribution in [3.63, 3.8) is 0 Å². The number of thiazole rings is 1. The van der Waals surface area contributed by atoms with Crippen LogP contribution in [0.4, 0.5) is 0 Å². The summed E-state index contributed by atoms with van der Waals surface area (Å²) in [7, 11) is -3.52. The topological polar surface area (TPSA) is 95.1 Å². The van der Waals surface area contributed by atoms with E-state index in [-0.39, 0.29) is 11.5 Å². The number of H-pyrrole nitrogens is 1. The van der Waals surface area contributed by atoms with Gasteiger partial charge in [0.25, 0.3) is 0 Å². The first-order chi connectivity index (χ1) is 8.62. The highest BCUT2D eigenvalue weighted by molar-refractivity contribution is 7.89. The maximum Gasteiger partial charge on any atom is 0.242 e. The summed E-state index contributed by atoms with van der Waals surface area (Å²) in [5.41, 5.74) is 3.05. The molecule has 0 fully saturated rings. The van der Waals surface area contributed by atoms with Crippen LogP contribution < -0.4 is 4.72 Å². The lowest BCUT2D eigenvalue weighted by molar-refractivity contribution is 0.277. The zero-order chi connectivity index (χ0) is 13.0. The lowest BCUT2D eigenvalue weighted by atomic mass is 10.3. The molecule has 0 unspecified atom stereocenters. The second kappa shape index (κ2) is 5.61. The second-order valence-corrected chi connectivity index (χ2v) is 6.13. The maximum absolute atomic E-state index is 11.9. The van der Waals surface area contributed by atoms with Gasteiger partial charge in [-0.15, -0.1) is 11.3 Å². The summed E-state index contributed by atoms with van der Waals surface area (Å²) in [6.45, 7) is 0.0834. The van der Waals surface area contributed by atoms with Crippen LogP contribution in [0.25, 0.3) is 0 Å². The molecule has 8 heteroatoms. The molecule has 0 aromatic carbocycles. The Morgan fingerprint density at radius 1 is 1.50 bits per heavy atom. The molecule has 0 saturated carbocycles. The van der Waals surface area contributed by atoms with Crippen LogP contribution in [0.2, 0.25) is 0 Å². The number of nitrogens with one attached hydrogen (secondary N) is 2. The van der Waals surface area contributed by atoms with Gasteiger partial charge in [-0.3, -0.25) is 0 Å². The molecule has 0 bridgehead atoms. The van der Waals surface area contributed by atoms with E-state index in [0.717, 1.165) is 5.69 Å². The molecule has 0 atom stereocenters. The van der Waals surface area contributed by atoms with Crippen LogP contribution in [0.15, 0.2) is 28.0 Å². The predicted octanol–water partition coefficient (Wildman–Crippen LogP) is 0.485. The van der Waals surface area contributed by atoms with Crippen molar-refractivity contribution in [2.75, 3.05) is 6.54 Å². The number of nitrogens with zero attached hydrogens (tertiary/aromatic N) is 1. The fraction of sp³-hybridized carbons (Fsp3) is 0.300. The SMILES string of the molecule is O=S(=O)(NCCc1cscn1)c1c[nH]c(CO)c1. The molecule has 3 N–H and O–H groups in total. The maximum atomic E-state index is 11.9. The lowest BCUT2D eigenvalue weighted by Gasteiger charge is -2.03. The van der Waals surface area contributed by atoms with Crippen LogP contribution >= 0.6 is 11.3 Å². The molecule has 0 aliphatic carbocycles. The smallest absolute Gasteiger partial charge is 0.242 e. The average molecular weight is 287 g/mol. The Hall–Kier alpha value is -1.22. The number of hydrogen-bond acceptors (Lipinski definition) is 5. The van der Waals surface area contributed by atoms with Gasteiger partial charge in [-0.1, -0.05) is 0 Å². The highest BCUT2D eigenvalue weighted by Gasteiger charge is 2.15. The molecule has 0 radical (unpaired) electrons. The summed E-state index contributed by atoms with van der Waals surface area (Å²) in [5, 5.41) is 10.7. The number of sulfonamides is 1. The summed E-state index contributed by atoms with van der Waals surface area (Å²) in [6.07, 6.45) is 1.91. The Bertz CT molecular complexity index is 590. The quantitative estimate of drug-likeness (QED) is 0.720. The molecule has 6 nitrogen and oxygen atoms in total. The van der Waals surface area contributed by atoms with Crippen molar-refractivity contribution >= 4 is 21.4 Å². The number of aromatic amines is 1. The van der Waals surface area contributed by atoms with Gasteiger partial charge < -0.3 is 10.1 Å². The Morgan fingerprint density at radius 2 is 2.33 bits per heavy atom. The van der Waals surface area contributed by atoms with Gasteiger partial charge in [0.1, 0.15) is 0 Å². The summed E-state index contributed by atoms with van der Waals surface area (Å²) in [4.78, 5) is 6.89. The molecule has 2 heterocycles. The molecule has 18 heavy (non-hydrogen) atoms. The first-order valence-electron chi connectivity index (χ1n) is 5.27. The minimum Gasteiger partial charge on any atom is -0.390 e. The Kier molecular flexibility index (Phi) is 4.12. The van der Waals surface area contributed by atoms with Crippen LogP contribution in [-0.2, 0) is 23.1 Å². The van der Waals surface area contributed by atoms with Crippen LogP contribution in [0.3, 0.4) is 0 Å². The molecule has 0 amide bonds. The highest BCUT2D eigenvalue weighted by Crippen LogP contribution is 2.10. The summed E-state index contributed by atoms with van der Waals surface area (Å²) < 4.78 is 26.2. The molecule has 0 saturated heterocycles. The van der Waals surface area contributed by atoms with Gasteiger partial charge >= 0.3 is 0 Å². The first-order valence-corrected chi connectivity index (χ1v) is 7.69.